The topological polar surface area (TPSA) is 0 Å². The first kappa shape index (κ1) is 52.4. The third-order valence-electron chi connectivity index (χ3n) is 14.3. The van der Waals surface area contributed by atoms with E-state index in [1.165, 1.54) is 183 Å². The molecule has 4 heteroatoms. The van der Waals surface area contributed by atoms with Crippen LogP contribution in [0.1, 0.15) is 152 Å². The Labute approximate surface area is 405 Å². The van der Waals surface area contributed by atoms with E-state index in [1.54, 1.807) is 34.5 Å². The second-order valence-electron chi connectivity index (χ2n) is 19.4. The first-order valence-electron chi connectivity index (χ1n) is 24.1. The van der Waals surface area contributed by atoms with Crippen molar-refractivity contribution in [1.82, 2.24) is 0 Å². The zero-order valence-corrected chi connectivity index (χ0v) is 44.3. The normalized spacial score (nSPS) is 16.5. The smallest absolute Gasteiger partial charge is 1.00 e. The van der Waals surface area contributed by atoms with Gasteiger partial charge in [-0.05, 0) is 74.3 Å². The number of aryl methyl sites for hydroxylation is 2. The van der Waals surface area contributed by atoms with Gasteiger partial charge >= 0.3 is 41.9 Å². The van der Waals surface area contributed by atoms with Gasteiger partial charge in [0.2, 0.25) is 0 Å². The summed E-state index contributed by atoms with van der Waals surface area (Å²) < 4.78 is 0. The Morgan fingerprint density at radius 1 is 0.484 bits per heavy atom. The van der Waals surface area contributed by atoms with Gasteiger partial charge in [0.1, 0.15) is 0 Å². The molecule has 0 aliphatic heterocycles. The molecule has 8 rings (SSSR count). The van der Waals surface area contributed by atoms with Gasteiger partial charge in [0.25, 0.3) is 0 Å². The molecule has 0 N–H and O–H groups in total. The summed E-state index contributed by atoms with van der Waals surface area (Å²) in [5.74, 6) is 0. The van der Waals surface area contributed by atoms with Crippen LogP contribution in [0.25, 0.3) is 43.8 Å². The fraction of sp³-hybridized carbons (Fsp3) is 0.483. The maximum atomic E-state index is 2.49. The first-order chi connectivity index (χ1) is 29.1. The van der Waals surface area contributed by atoms with E-state index in [1.807, 2.05) is 0 Å². The first-order valence-corrected chi connectivity index (χ1v) is 30.3. The number of hydrogen-bond donors (Lipinski definition) is 0. The summed E-state index contributed by atoms with van der Waals surface area (Å²) in [6.45, 7) is 13.8. The third-order valence-corrected chi connectivity index (χ3v) is 14.3. The predicted molar refractivity (Wildman–Crippen MR) is 264 cm³/mol. The van der Waals surface area contributed by atoms with Gasteiger partial charge in [0.15, 0.2) is 0 Å². The summed E-state index contributed by atoms with van der Waals surface area (Å²) in [5.41, 5.74) is 12.4. The fourth-order valence-electron chi connectivity index (χ4n) is 10.6. The van der Waals surface area contributed by atoms with Crippen molar-refractivity contribution < 1.29 is 48.1 Å². The monoisotopic (exact) mass is 960 g/mol. The van der Waals surface area contributed by atoms with Crippen molar-refractivity contribution >= 4 is 27.0 Å². The zero-order valence-electron chi connectivity index (χ0n) is 39.3. The van der Waals surface area contributed by atoms with Gasteiger partial charge in [-0.1, -0.05) is 187 Å². The van der Waals surface area contributed by atoms with Crippen LogP contribution in [0.3, 0.4) is 0 Å². The maximum Gasteiger partial charge on any atom is -1.00 e. The largest absolute Gasteiger partial charge is 1.00 e. The van der Waals surface area contributed by atoms with Crippen LogP contribution in [-0.2, 0) is 36.2 Å². The van der Waals surface area contributed by atoms with Crippen molar-refractivity contribution in [2.75, 3.05) is 0 Å². The average Bonchev–Trinajstić information content (AvgIpc) is 3.90. The minimum absolute atomic E-state index is 0. The molecule has 0 nitrogen and oxygen atoms in total. The van der Waals surface area contributed by atoms with Crippen LogP contribution < -0.4 is 24.8 Å². The van der Waals surface area contributed by atoms with Gasteiger partial charge in [-0.15, -0.1) is 69.1 Å². The van der Waals surface area contributed by atoms with Crippen LogP contribution in [0.5, 0.6) is 0 Å². The van der Waals surface area contributed by atoms with Crippen LogP contribution in [-0.4, -0.2) is 5.43 Å². The molecule has 0 spiro atoms. The average molecular weight is 963 g/mol. The van der Waals surface area contributed by atoms with Gasteiger partial charge in [-0.3, -0.25) is 0 Å². The van der Waals surface area contributed by atoms with Crippen molar-refractivity contribution in [3.05, 3.63) is 131 Å². The van der Waals surface area contributed by atoms with Gasteiger partial charge in [-0.25, -0.2) is 0 Å². The number of benzene rings is 4. The number of rotatable bonds is 8. The Morgan fingerprint density at radius 3 is 1.10 bits per heavy atom. The van der Waals surface area contributed by atoms with Gasteiger partial charge in [0.05, 0.1) is 0 Å². The molecule has 0 saturated heterocycles. The number of fused-ring (bicyclic) bond motifs is 2. The Hall–Kier alpha value is -2.22. The summed E-state index contributed by atoms with van der Waals surface area (Å²) in [7, 11) is 0. The molecule has 6 aromatic rings. The van der Waals surface area contributed by atoms with Crippen molar-refractivity contribution in [2.24, 2.45) is 10.8 Å². The van der Waals surface area contributed by atoms with Crippen LogP contribution in [0.15, 0.2) is 109 Å². The molecule has 2 aliphatic rings. The van der Waals surface area contributed by atoms with Gasteiger partial charge in [-0.2, -0.15) is 12.1 Å². The summed E-state index contributed by atoms with van der Waals surface area (Å²) >= 11 is 1.74. The van der Waals surface area contributed by atoms with E-state index in [4.69, 9.17) is 0 Å². The van der Waals surface area contributed by atoms with Gasteiger partial charge < -0.3 is 24.8 Å². The SMILES string of the molecule is CCC1(Cc2cc3c(-c4ccc(C)cc4)cccc3[cH-]2)CCCCCCCC1.CCC1(Cc2cc3c(-c4ccc(C)cc4)cccc3[cH-]2)CCCCCCCC1.C[Si](C)=[Zr+2].[Cl-].[Cl-]. The molecular formula is C58H76Cl2SiZr-2. The van der Waals surface area contributed by atoms with E-state index in [9.17, 15) is 0 Å². The Kier molecular flexibility index (Phi) is 22.0. The molecule has 0 amide bonds. The summed E-state index contributed by atoms with van der Waals surface area (Å²) in [5, 5.41) is 5.66. The van der Waals surface area contributed by atoms with Crippen LogP contribution >= 0.6 is 0 Å². The van der Waals surface area contributed by atoms with Crippen LogP contribution in [0.2, 0.25) is 13.1 Å². The van der Waals surface area contributed by atoms with Gasteiger partial charge in [0, 0.05) is 0 Å². The maximum absolute atomic E-state index is 2.49. The summed E-state index contributed by atoms with van der Waals surface area (Å²) in [6, 6.07) is 41.5. The van der Waals surface area contributed by atoms with E-state index in [2.05, 4.69) is 150 Å². The Balaban J connectivity index is 0.000000244. The van der Waals surface area contributed by atoms with E-state index in [0.29, 0.717) is 10.8 Å². The molecule has 0 heterocycles. The standard InChI is InChI=1S/2C28H35.C2H6Si.2ClH.Zr/c2*1-3-28(17-8-6-4-5-7-9-18-28)21-23-19-25-11-10-12-26(27(25)20-23)24-15-13-22(2)14-16-24;1-3-2;;;/h2*10-16,19-20H,3-9,17-18,21H2,1-2H3;1-2H3;2*1H;/q2*-1;;;;+2/p-2. The second kappa shape index (κ2) is 26.1. The molecule has 2 saturated carbocycles. The predicted octanol–water partition coefficient (Wildman–Crippen LogP) is 12.0. The summed E-state index contributed by atoms with van der Waals surface area (Å²) in [6.07, 6.45) is 28.0. The molecule has 6 aromatic carbocycles. The van der Waals surface area contributed by atoms with E-state index in [0.717, 1.165) is 0 Å². The third kappa shape index (κ3) is 14.9. The summed E-state index contributed by atoms with van der Waals surface area (Å²) in [4.78, 5) is 0. The molecule has 62 heavy (non-hydrogen) atoms. The zero-order chi connectivity index (χ0) is 42.4. The van der Waals surface area contributed by atoms with E-state index < -0.39 is 0 Å². The molecular weight excluding hydrogens is 887 g/mol. The molecule has 0 radical (unpaired) electrons. The van der Waals surface area contributed by atoms with Crippen LogP contribution in [0, 0.1) is 24.7 Å². The second-order valence-corrected chi connectivity index (χ2v) is 28.8. The molecule has 0 aromatic heterocycles. The van der Waals surface area contributed by atoms with E-state index in [-0.39, 0.29) is 30.2 Å². The minimum Gasteiger partial charge on any atom is -1.00 e. The molecule has 0 atom stereocenters. The van der Waals surface area contributed by atoms with Crippen molar-refractivity contribution in [3.8, 4) is 22.3 Å². The van der Waals surface area contributed by atoms with Crippen molar-refractivity contribution in [3.63, 3.8) is 0 Å². The fourth-order valence-corrected chi connectivity index (χ4v) is 10.6. The van der Waals surface area contributed by atoms with Crippen LogP contribution in [0.4, 0.5) is 0 Å². The Bertz CT molecular complexity index is 2040. The van der Waals surface area contributed by atoms with E-state index >= 15 is 0 Å². The molecule has 332 valence electrons. The quantitative estimate of drug-likeness (QED) is 0.105. The molecule has 2 fully saturated rings. The molecule has 2 aliphatic carbocycles. The van der Waals surface area contributed by atoms with Crippen molar-refractivity contribution in [1.29, 1.82) is 0 Å². The minimum atomic E-state index is 0. The number of hydrogen-bond acceptors (Lipinski definition) is 0. The molecule has 0 bridgehead atoms. The van der Waals surface area contributed by atoms with Crippen molar-refractivity contribution in [2.45, 2.75) is 169 Å². The Morgan fingerprint density at radius 2 is 0.790 bits per heavy atom. The molecule has 0 unspecified atom stereocenters. The number of halogens is 2.